The number of fused-ring (bicyclic) bond motifs is 1. The molecule has 0 amide bonds. The summed E-state index contributed by atoms with van der Waals surface area (Å²) in [5.41, 5.74) is 2.38. The van der Waals surface area contributed by atoms with E-state index in [0.717, 1.165) is 29.4 Å². The van der Waals surface area contributed by atoms with Crippen LogP contribution in [0.5, 0.6) is 0 Å². The SMILES string of the molecule is CC1(C)CCNc2cc(Cl)ccc2N1. The van der Waals surface area contributed by atoms with Crippen LogP contribution in [0.15, 0.2) is 18.2 Å². The van der Waals surface area contributed by atoms with E-state index in [4.69, 9.17) is 11.6 Å². The van der Waals surface area contributed by atoms with Gasteiger partial charge in [-0.15, -0.1) is 0 Å². The van der Waals surface area contributed by atoms with Crippen molar-refractivity contribution < 1.29 is 0 Å². The van der Waals surface area contributed by atoms with E-state index in [1.54, 1.807) is 0 Å². The van der Waals surface area contributed by atoms with Gasteiger partial charge in [0.05, 0.1) is 11.4 Å². The Bertz CT molecular complexity index is 347. The van der Waals surface area contributed by atoms with E-state index in [1.165, 1.54) is 0 Å². The molecular weight excluding hydrogens is 196 g/mol. The van der Waals surface area contributed by atoms with Crippen LogP contribution in [0.1, 0.15) is 20.3 Å². The van der Waals surface area contributed by atoms with E-state index >= 15 is 0 Å². The molecule has 76 valence electrons. The van der Waals surface area contributed by atoms with Gasteiger partial charge in [-0.3, -0.25) is 0 Å². The van der Waals surface area contributed by atoms with Crippen LogP contribution in [-0.4, -0.2) is 12.1 Å². The van der Waals surface area contributed by atoms with E-state index in [-0.39, 0.29) is 5.54 Å². The van der Waals surface area contributed by atoms with Gasteiger partial charge in [-0.2, -0.15) is 0 Å². The third-order valence-electron chi connectivity index (χ3n) is 2.52. The van der Waals surface area contributed by atoms with Gasteiger partial charge in [-0.1, -0.05) is 11.6 Å². The zero-order chi connectivity index (χ0) is 10.2. The van der Waals surface area contributed by atoms with Crippen molar-refractivity contribution >= 4 is 23.0 Å². The number of hydrogen-bond donors (Lipinski definition) is 2. The molecule has 1 heterocycles. The summed E-state index contributed by atoms with van der Waals surface area (Å²) in [6.45, 7) is 5.39. The summed E-state index contributed by atoms with van der Waals surface area (Å²) in [6.07, 6.45) is 1.10. The Hall–Kier alpha value is -0.890. The summed E-state index contributed by atoms with van der Waals surface area (Å²) in [6, 6.07) is 5.90. The predicted octanol–water partition coefficient (Wildman–Crippen LogP) is 3.35. The van der Waals surface area contributed by atoms with E-state index in [2.05, 4.69) is 24.5 Å². The van der Waals surface area contributed by atoms with Crippen molar-refractivity contribution in [3.05, 3.63) is 23.2 Å². The van der Waals surface area contributed by atoms with Gasteiger partial charge in [-0.05, 0) is 38.5 Å². The Morgan fingerprint density at radius 2 is 2.07 bits per heavy atom. The lowest BCUT2D eigenvalue weighted by molar-refractivity contribution is 0.540. The number of rotatable bonds is 0. The first kappa shape index (κ1) is 9.66. The van der Waals surface area contributed by atoms with E-state index in [9.17, 15) is 0 Å². The zero-order valence-corrected chi connectivity index (χ0v) is 9.28. The monoisotopic (exact) mass is 210 g/mol. The van der Waals surface area contributed by atoms with Crippen molar-refractivity contribution in [2.24, 2.45) is 0 Å². The molecule has 2 N–H and O–H groups in total. The fourth-order valence-electron chi connectivity index (χ4n) is 1.71. The van der Waals surface area contributed by atoms with Gasteiger partial charge in [0.25, 0.3) is 0 Å². The van der Waals surface area contributed by atoms with Crippen LogP contribution < -0.4 is 10.6 Å². The summed E-state index contributed by atoms with van der Waals surface area (Å²) in [4.78, 5) is 0. The van der Waals surface area contributed by atoms with Crippen LogP contribution in [0, 0.1) is 0 Å². The molecule has 0 atom stereocenters. The number of hydrogen-bond acceptors (Lipinski definition) is 2. The van der Waals surface area contributed by atoms with Crippen LogP contribution in [0.25, 0.3) is 0 Å². The number of halogens is 1. The molecule has 0 bridgehead atoms. The van der Waals surface area contributed by atoms with Gasteiger partial charge in [0, 0.05) is 17.1 Å². The average Bonchev–Trinajstić information content (AvgIpc) is 2.22. The molecule has 0 aliphatic carbocycles. The second-order valence-corrected chi connectivity index (χ2v) is 4.81. The second kappa shape index (κ2) is 3.35. The van der Waals surface area contributed by atoms with Crippen LogP contribution in [0.2, 0.25) is 5.02 Å². The van der Waals surface area contributed by atoms with Gasteiger partial charge in [-0.25, -0.2) is 0 Å². The van der Waals surface area contributed by atoms with Crippen LogP contribution >= 0.6 is 11.6 Å². The molecule has 1 aliphatic rings. The first-order valence-electron chi connectivity index (χ1n) is 4.88. The fraction of sp³-hybridized carbons (Fsp3) is 0.455. The largest absolute Gasteiger partial charge is 0.383 e. The van der Waals surface area contributed by atoms with Crippen LogP contribution in [0.3, 0.4) is 0 Å². The van der Waals surface area contributed by atoms with Gasteiger partial charge in [0.2, 0.25) is 0 Å². The highest BCUT2D eigenvalue weighted by atomic mass is 35.5. The minimum Gasteiger partial charge on any atom is -0.383 e. The Balaban J connectivity index is 2.37. The Morgan fingerprint density at radius 1 is 1.29 bits per heavy atom. The molecule has 1 aromatic carbocycles. The number of anilines is 2. The first-order chi connectivity index (χ1) is 6.57. The smallest absolute Gasteiger partial charge is 0.0591 e. The highest BCUT2D eigenvalue weighted by molar-refractivity contribution is 6.31. The molecule has 3 heteroatoms. The third-order valence-corrected chi connectivity index (χ3v) is 2.76. The molecule has 0 spiro atoms. The van der Waals surface area contributed by atoms with Gasteiger partial charge < -0.3 is 10.6 Å². The highest BCUT2D eigenvalue weighted by Crippen LogP contribution is 2.31. The second-order valence-electron chi connectivity index (χ2n) is 4.38. The number of nitrogens with one attached hydrogen (secondary N) is 2. The molecular formula is C11H15ClN2. The molecule has 2 nitrogen and oxygen atoms in total. The standard InChI is InChI=1S/C11H15ClN2/c1-11(2)5-6-13-10-7-8(12)3-4-9(10)14-11/h3-4,7,13-14H,5-6H2,1-2H3. The summed E-state index contributed by atoms with van der Waals surface area (Å²) in [5, 5.41) is 7.66. The molecule has 0 unspecified atom stereocenters. The van der Waals surface area contributed by atoms with E-state index < -0.39 is 0 Å². The topological polar surface area (TPSA) is 24.1 Å². The van der Waals surface area contributed by atoms with Gasteiger partial charge in [0.15, 0.2) is 0 Å². The molecule has 0 saturated heterocycles. The maximum atomic E-state index is 5.93. The molecule has 0 saturated carbocycles. The lowest BCUT2D eigenvalue weighted by atomic mass is 10.0. The molecule has 14 heavy (non-hydrogen) atoms. The van der Waals surface area contributed by atoms with Crippen molar-refractivity contribution in [2.75, 3.05) is 17.2 Å². The maximum absolute atomic E-state index is 5.93. The zero-order valence-electron chi connectivity index (χ0n) is 8.52. The molecule has 0 radical (unpaired) electrons. The van der Waals surface area contributed by atoms with Crippen molar-refractivity contribution in [2.45, 2.75) is 25.8 Å². The summed E-state index contributed by atoms with van der Waals surface area (Å²) < 4.78 is 0. The molecule has 2 rings (SSSR count). The average molecular weight is 211 g/mol. The van der Waals surface area contributed by atoms with Crippen LogP contribution in [-0.2, 0) is 0 Å². The predicted molar refractivity (Wildman–Crippen MR) is 62.3 cm³/mol. The van der Waals surface area contributed by atoms with Crippen molar-refractivity contribution in [1.29, 1.82) is 0 Å². The quantitative estimate of drug-likeness (QED) is 0.686. The maximum Gasteiger partial charge on any atom is 0.0591 e. The van der Waals surface area contributed by atoms with Crippen molar-refractivity contribution in [3.8, 4) is 0 Å². The van der Waals surface area contributed by atoms with E-state index in [1.807, 2.05) is 18.2 Å². The Kier molecular flexibility index (Phi) is 2.31. The van der Waals surface area contributed by atoms with Crippen molar-refractivity contribution in [3.63, 3.8) is 0 Å². The minimum absolute atomic E-state index is 0.145. The number of benzene rings is 1. The minimum atomic E-state index is 0.145. The molecule has 0 aromatic heterocycles. The fourth-order valence-corrected chi connectivity index (χ4v) is 1.88. The third kappa shape index (κ3) is 1.95. The summed E-state index contributed by atoms with van der Waals surface area (Å²) in [7, 11) is 0. The first-order valence-corrected chi connectivity index (χ1v) is 5.26. The summed E-state index contributed by atoms with van der Waals surface area (Å²) >= 11 is 5.93. The highest BCUT2D eigenvalue weighted by Gasteiger charge is 2.21. The van der Waals surface area contributed by atoms with Crippen molar-refractivity contribution in [1.82, 2.24) is 0 Å². The normalized spacial score (nSPS) is 18.8. The molecule has 1 aliphatic heterocycles. The van der Waals surface area contributed by atoms with E-state index in [0.29, 0.717) is 0 Å². The van der Waals surface area contributed by atoms with Gasteiger partial charge >= 0.3 is 0 Å². The Morgan fingerprint density at radius 3 is 2.86 bits per heavy atom. The lowest BCUT2D eigenvalue weighted by Crippen LogP contribution is -2.30. The molecule has 0 fully saturated rings. The molecule has 1 aromatic rings. The Labute approximate surface area is 89.7 Å². The summed E-state index contributed by atoms with van der Waals surface area (Å²) in [5.74, 6) is 0. The lowest BCUT2D eigenvalue weighted by Gasteiger charge is -2.24. The van der Waals surface area contributed by atoms with Crippen LogP contribution in [0.4, 0.5) is 11.4 Å². The van der Waals surface area contributed by atoms with Gasteiger partial charge in [0.1, 0.15) is 0 Å².